The summed E-state index contributed by atoms with van der Waals surface area (Å²) in [6.45, 7) is 4.34. The highest BCUT2D eigenvalue weighted by Crippen LogP contribution is 2.62. The van der Waals surface area contributed by atoms with Crippen LogP contribution in [0.15, 0.2) is 157 Å². The van der Waals surface area contributed by atoms with Crippen molar-refractivity contribution in [2.45, 2.75) is 75.9 Å². The molecule has 1 fully saturated rings. The monoisotopic (exact) mass is 921 g/mol. The maximum Gasteiger partial charge on any atom is 0.410 e. The highest BCUT2D eigenvalue weighted by atomic mass is 16.7. The van der Waals surface area contributed by atoms with Crippen LogP contribution in [-0.4, -0.2) is 70.5 Å². The number of nitro benzene ring substituents is 1. The van der Waals surface area contributed by atoms with Gasteiger partial charge in [-0.15, -0.1) is 6.58 Å². The van der Waals surface area contributed by atoms with Crippen molar-refractivity contribution in [3.05, 3.63) is 179 Å². The number of unbranched alkanes of at least 4 members (excludes halogenated alkanes) is 2. The Morgan fingerprint density at radius 1 is 0.853 bits per heavy atom. The summed E-state index contributed by atoms with van der Waals surface area (Å²) in [5.41, 5.74) is 6.06. The third-order valence-corrected chi connectivity index (χ3v) is 13.4. The Hall–Kier alpha value is -6.80. The van der Waals surface area contributed by atoms with Gasteiger partial charge in [0.25, 0.3) is 5.69 Å². The number of carbonyl (C=O) groups excluding carboxylic acids is 1. The van der Waals surface area contributed by atoms with Gasteiger partial charge in [-0.25, -0.2) is 4.79 Å². The molecule has 68 heavy (non-hydrogen) atoms. The minimum atomic E-state index is -1.48. The summed E-state index contributed by atoms with van der Waals surface area (Å²) in [5, 5.41) is 36.2. The number of carbonyl (C=O) groups is 1. The van der Waals surface area contributed by atoms with Gasteiger partial charge in [-0.2, -0.15) is 0 Å². The maximum atomic E-state index is 14.3. The van der Waals surface area contributed by atoms with E-state index in [1.54, 1.807) is 30.2 Å². The summed E-state index contributed by atoms with van der Waals surface area (Å²) in [4.78, 5) is 32.9. The Labute approximate surface area is 397 Å². The molecule has 13 heteroatoms. The Morgan fingerprint density at radius 2 is 1.51 bits per heavy atom. The van der Waals surface area contributed by atoms with Gasteiger partial charge >= 0.3 is 6.09 Å². The van der Waals surface area contributed by atoms with Gasteiger partial charge in [-0.1, -0.05) is 103 Å². The third-order valence-electron chi connectivity index (χ3n) is 13.4. The van der Waals surface area contributed by atoms with Gasteiger partial charge in [0.1, 0.15) is 36.5 Å². The van der Waals surface area contributed by atoms with Crippen molar-refractivity contribution >= 4 is 17.5 Å². The number of benzene rings is 5. The predicted octanol–water partition coefficient (Wildman–Crippen LogP) is 11.2. The summed E-state index contributed by atoms with van der Waals surface area (Å²) in [6, 6.07) is 38.8. The molecule has 5 aromatic carbocycles. The van der Waals surface area contributed by atoms with E-state index in [-0.39, 0.29) is 62.9 Å². The molecule has 0 unspecified atom stereocenters. The molecule has 0 saturated heterocycles. The van der Waals surface area contributed by atoms with Crippen molar-refractivity contribution in [2.75, 3.05) is 26.9 Å². The molecule has 2 N–H and O–H groups in total. The van der Waals surface area contributed by atoms with Crippen molar-refractivity contribution in [2.24, 2.45) is 22.9 Å². The molecular formula is C55H59N3O10. The minimum absolute atomic E-state index is 0.000112. The van der Waals surface area contributed by atoms with Gasteiger partial charge < -0.3 is 38.9 Å². The summed E-state index contributed by atoms with van der Waals surface area (Å²) in [5.74, 6) is -0.402. The minimum Gasteiger partial charge on any atom is -0.459 e. The second kappa shape index (κ2) is 22.3. The smallest absolute Gasteiger partial charge is 0.410 e. The molecule has 1 amide bonds. The van der Waals surface area contributed by atoms with Gasteiger partial charge in [-0.05, 0) is 108 Å². The lowest BCUT2D eigenvalue weighted by atomic mass is 9.55. The van der Waals surface area contributed by atoms with Gasteiger partial charge in [0.2, 0.25) is 5.79 Å². The number of oxime groups is 1. The number of amides is 1. The van der Waals surface area contributed by atoms with Crippen LogP contribution in [0.2, 0.25) is 0 Å². The molecular weight excluding hydrogens is 863 g/mol. The summed E-state index contributed by atoms with van der Waals surface area (Å²) in [6.07, 6.45) is 7.89. The Kier molecular flexibility index (Phi) is 15.7. The van der Waals surface area contributed by atoms with Crippen LogP contribution in [0.3, 0.4) is 0 Å². The van der Waals surface area contributed by atoms with Gasteiger partial charge in [0.05, 0.1) is 23.2 Å². The Morgan fingerprint density at radius 3 is 2.21 bits per heavy atom. The van der Waals surface area contributed by atoms with Crippen molar-refractivity contribution in [3.8, 4) is 28.4 Å². The molecule has 0 bridgehead atoms. The number of hydrogen-bond donors (Lipinski definition) is 2. The van der Waals surface area contributed by atoms with E-state index in [0.29, 0.717) is 41.4 Å². The third kappa shape index (κ3) is 10.7. The maximum absolute atomic E-state index is 14.3. The standard InChI is InChI=1S/C55H59N3O10/c1-3-32-65-55-51(57(2)54(61)64-36-38-14-6-4-7-15-38)35-49(56-66-37-39-20-24-43(25-21-39)58(62)63)47-33-42(18-10-12-30-59)46(19-11-13-31-60)52(53(47)55)48-34-45(28-29-50(48)68-55)67-44-26-22-41(23-27-44)40-16-8-5-9-17-40/h3-9,14-17,20-29,33-34,42,46,51-53,59-60H,1,10-13,18-19,30-32,35-37H2,2H3/t42-,46+,51-,52+,53+,55+/m0/s1. The second-order valence-corrected chi connectivity index (χ2v) is 17.6. The topological polar surface area (TPSA) is 162 Å². The predicted molar refractivity (Wildman–Crippen MR) is 259 cm³/mol. The normalized spacial score (nSPS) is 21.9. The Balaban J connectivity index is 1.24. The number of nitro groups is 1. The largest absolute Gasteiger partial charge is 0.459 e. The van der Waals surface area contributed by atoms with Crippen LogP contribution in [0.4, 0.5) is 10.5 Å². The van der Waals surface area contributed by atoms with Gasteiger partial charge in [0.15, 0.2) is 0 Å². The van der Waals surface area contributed by atoms with E-state index in [1.807, 2.05) is 84.9 Å². The zero-order chi connectivity index (χ0) is 47.5. The van der Waals surface area contributed by atoms with E-state index < -0.39 is 28.8 Å². The van der Waals surface area contributed by atoms with E-state index in [0.717, 1.165) is 53.5 Å². The van der Waals surface area contributed by atoms with Crippen molar-refractivity contribution < 1.29 is 43.7 Å². The fourth-order valence-corrected chi connectivity index (χ4v) is 10.1. The first-order valence-electron chi connectivity index (χ1n) is 23.4. The summed E-state index contributed by atoms with van der Waals surface area (Å²) in [7, 11) is 1.69. The number of aliphatic hydroxyl groups excluding tert-OH is 2. The van der Waals surface area contributed by atoms with Crippen LogP contribution < -0.4 is 9.47 Å². The zero-order valence-corrected chi connectivity index (χ0v) is 38.4. The lowest BCUT2D eigenvalue weighted by Crippen LogP contribution is -2.69. The number of likely N-dealkylation sites (N-methyl/N-ethyl adjacent to an activating group) is 1. The van der Waals surface area contributed by atoms with E-state index >= 15 is 0 Å². The quantitative estimate of drug-likeness (QED) is 0.0313. The van der Waals surface area contributed by atoms with E-state index in [9.17, 15) is 25.1 Å². The van der Waals surface area contributed by atoms with Gasteiger partial charge in [-0.3, -0.25) is 10.1 Å². The molecule has 1 aliphatic heterocycles. The molecule has 13 nitrogen and oxygen atoms in total. The number of non-ortho nitro benzene ring substituents is 1. The number of ether oxygens (including phenoxy) is 4. The molecule has 5 aromatic rings. The molecule has 0 aromatic heterocycles. The highest BCUT2D eigenvalue weighted by Gasteiger charge is 2.65. The number of hydrogen-bond acceptors (Lipinski definition) is 11. The van der Waals surface area contributed by atoms with Crippen LogP contribution in [-0.2, 0) is 27.5 Å². The van der Waals surface area contributed by atoms with Crippen molar-refractivity contribution in [3.63, 3.8) is 0 Å². The SMILES string of the molecule is C=CCO[C@@]12Oc3ccc(Oc4ccc(-c5ccccc5)cc4)cc3[C@H]3[C@H](CCCCO)[C@@H](CCCCO)C=C(C(=NOCc4ccc([N+](=O)[O-])cc4)C[C@@H]1N(C)C(=O)OCc1ccccc1)[C@H]32. The molecule has 1 heterocycles. The zero-order valence-electron chi connectivity index (χ0n) is 38.4. The van der Waals surface area contributed by atoms with E-state index in [1.165, 1.54) is 12.1 Å². The number of rotatable bonds is 21. The number of aliphatic hydroxyl groups is 2. The summed E-state index contributed by atoms with van der Waals surface area (Å²) < 4.78 is 26.9. The molecule has 3 aliphatic rings. The molecule has 354 valence electrons. The molecule has 6 atom stereocenters. The first-order chi connectivity index (χ1) is 33.2. The average molecular weight is 922 g/mol. The summed E-state index contributed by atoms with van der Waals surface area (Å²) >= 11 is 0. The van der Waals surface area contributed by atoms with Crippen molar-refractivity contribution in [1.82, 2.24) is 4.90 Å². The fourth-order valence-electron chi connectivity index (χ4n) is 10.1. The molecule has 8 rings (SSSR count). The van der Waals surface area contributed by atoms with Crippen LogP contribution in [0.5, 0.6) is 17.2 Å². The number of nitrogens with zero attached hydrogens (tertiary/aromatic N) is 3. The fraction of sp³-hybridized carbons (Fsp3) is 0.345. The van der Waals surface area contributed by atoms with Crippen molar-refractivity contribution in [1.29, 1.82) is 0 Å². The van der Waals surface area contributed by atoms with Crippen LogP contribution in [0, 0.1) is 27.9 Å². The first kappa shape index (κ1) is 47.7. The van der Waals surface area contributed by atoms with Crippen LogP contribution in [0.25, 0.3) is 11.1 Å². The second-order valence-electron chi connectivity index (χ2n) is 17.6. The van der Waals surface area contributed by atoms with Gasteiger partial charge in [0, 0.05) is 50.3 Å². The van der Waals surface area contributed by atoms with Crippen LogP contribution >= 0.6 is 0 Å². The van der Waals surface area contributed by atoms with E-state index in [2.05, 4.69) is 30.9 Å². The number of allylic oxidation sites excluding steroid dienone is 1. The number of fused-ring (bicyclic) bond motifs is 2. The average Bonchev–Trinajstić information content (AvgIpc) is 3.37. The lowest BCUT2D eigenvalue weighted by Gasteiger charge is -2.59. The molecule has 1 saturated carbocycles. The molecule has 2 aliphatic carbocycles. The van der Waals surface area contributed by atoms with Crippen LogP contribution in [0.1, 0.15) is 67.6 Å². The Bertz CT molecular complexity index is 2550. The highest BCUT2D eigenvalue weighted by molar-refractivity contribution is 6.03. The molecule has 0 spiro atoms. The van der Waals surface area contributed by atoms with E-state index in [4.69, 9.17) is 28.9 Å². The first-order valence-corrected chi connectivity index (χ1v) is 23.4. The molecule has 0 radical (unpaired) electrons. The lowest BCUT2D eigenvalue weighted by molar-refractivity contribution is -0.384.